The van der Waals surface area contributed by atoms with Crippen molar-refractivity contribution < 1.29 is 23.8 Å². The van der Waals surface area contributed by atoms with Crippen LogP contribution in [-0.4, -0.2) is 39.2 Å². The number of carbonyl (C=O) groups excluding carboxylic acids is 2. The van der Waals surface area contributed by atoms with Gasteiger partial charge in [0.05, 0.1) is 27.4 Å². The van der Waals surface area contributed by atoms with Crippen molar-refractivity contribution >= 4 is 29.3 Å². The van der Waals surface area contributed by atoms with E-state index in [1.165, 1.54) is 0 Å². The van der Waals surface area contributed by atoms with Crippen LogP contribution < -0.4 is 24.0 Å². The lowest BCUT2D eigenvalue weighted by atomic mass is 9.89. The minimum Gasteiger partial charge on any atom is -0.493 e. The van der Waals surface area contributed by atoms with Crippen molar-refractivity contribution in [2.24, 2.45) is 0 Å². The number of anilines is 2. The number of fused-ring (bicyclic) bond motifs is 1. The standard InChI is InChI=1S/C31H34N2O5/c1-6-29(34)33(23-12-8-7-9-13-23)26-18-21(2)32(25-15-11-10-14-24(25)26)30(35)17-16-22-19-27(36-3)31(38-5)28(20-22)37-4/h7-17,19-21,26H,6,18H2,1-5H3/b17-16+/t21-,26+/m0/s1. The predicted molar refractivity (Wildman–Crippen MR) is 150 cm³/mol. The number of hydrogen-bond acceptors (Lipinski definition) is 5. The summed E-state index contributed by atoms with van der Waals surface area (Å²) in [5.74, 6) is 1.42. The van der Waals surface area contributed by atoms with E-state index >= 15 is 0 Å². The van der Waals surface area contributed by atoms with E-state index in [1.807, 2.05) is 73.3 Å². The predicted octanol–water partition coefficient (Wildman–Crippen LogP) is 6.04. The second-order valence-corrected chi connectivity index (χ2v) is 9.11. The Hall–Kier alpha value is -4.26. The van der Waals surface area contributed by atoms with Crippen molar-refractivity contribution in [1.82, 2.24) is 0 Å². The first-order valence-electron chi connectivity index (χ1n) is 12.7. The SMILES string of the molecule is CCC(=O)N(c1ccccc1)[C@@H]1C[C@H](C)N(C(=O)/C=C/c2cc(OC)c(OC)c(OC)c2)c2ccccc21. The molecule has 1 heterocycles. The summed E-state index contributed by atoms with van der Waals surface area (Å²) < 4.78 is 16.3. The molecule has 7 heteroatoms. The summed E-state index contributed by atoms with van der Waals surface area (Å²) in [5, 5.41) is 0. The van der Waals surface area contributed by atoms with Crippen LogP contribution in [0.4, 0.5) is 11.4 Å². The van der Waals surface area contributed by atoms with Gasteiger partial charge in [-0.1, -0.05) is 43.3 Å². The Bertz CT molecular complexity index is 1300. The normalized spacial score (nSPS) is 16.6. The number of amides is 2. The van der Waals surface area contributed by atoms with Crippen LogP contribution in [0.2, 0.25) is 0 Å². The molecular formula is C31H34N2O5. The minimum atomic E-state index is -0.181. The van der Waals surface area contributed by atoms with Crippen LogP contribution in [0.25, 0.3) is 6.08 Å². The van der Waals surface area contributed by atoms with Gasteiger partial charge in [-0.25, -0.2) is 0 Å². The molecule has 1 aliphatic rings. The van der Waals surface area contributed by atoms with Crippen molar-refractivity contribution in [3.05, 3.63) is 83.9 Å². The molecule has 198 valence electrons. The number of methoxy groups -OCH3 is 3. The van der Waals surface area contributed by atoms with Crippen molar-refractivity contribution in [1.29, 1.82) is 0 Å². The molecule has 7 nitrogen and oxygen atoms in total. The van der Waals surface area contributed by atoms with E-state index in [0.29, 0.717) is 30.1 Å². The Labute approximate surface area is 224 Å². The first-order chi connectivity index (χ1) is 18.4. The fourth-order valence-corrected chi connectivity index (χ4v) is 5.06. The molecule has 4 rings (SSSR count). The van der Waals surface area contributed by atoms with Gasteiger partial charge in [0, 0.05) is 29.9 Å². The van der Waals surface area contributed by atoms with E-state index < -0.39 is 0 Å². The summed E-state index contributed by atoms with van der Waals surface area (Å²) in [6, 6.07) is 20.8. The number of carbonyl (C=O) groups is 2. The van der Waals surface area contributed by atoms with Crippen LogP contribution in [0.15, 0.2) is 72.8 Å². The van der Waals surface area contributed by atoms with Gasteiger partial charge < -0.3 is 24.0 Å². The van der Waals surface area contributed by atoms with E-state index in [9.17, 15) is 9.59 Å². The Morgan fingerprint density at radius 3 is 2.18 bits per heavy atom. The summed E-state index contributed by atoms with van der Waals surface area (Å²) in [6.07, 6.45) is 4.30. The summed E-state index contributed by atoms with van der Waals surface area (Å²) in [7, 11) is 4.66. The maximum absolute atomic E-state index is 13.6. The molecule has 2 amide bonds. The molecule has 3 aromatic rings. The van der Waals surface area contributed by atoms with Gasteiger partial charge in [-0.05, 0) is 60.9 Å². The maximum atomic E-state index is 13.6. The average Bonchev–Trinajstić information content (AvgIpc) is 2.95. The minimum absolute atomic E-state index is 0.0466. The van der Waals surface area contributed by atoms with Crippen LogP contribution >= 0.6 is 0 Å². The third-order valence-electron chi connectivity index (χ3n) is 6.82. The number of ether oxygens (including phenoxy) is 3. The molecular weight excluding hydrogens is 480 g/mol. The number of benzene rings is 3. The van der Waals surface area contributed by atoms with Crippen LogP contribution in [0.3, 0.4) is 0 Å². The third-order valence-corrected chi connectivity index (χ3v) is 6.82. The van der Waals surface area contributed by atoms with Crippen molar-refractivity contribution in [3.8, 4) is 17.2 Å². The molecule has 2 atom stereocenters. The Morgan fingerprint density at radius 2 is 1.58 bits per heavy atom. The lowest BCUT2D eigenvalue weighted by Gasteiger charge is -2.43. The third kappa shape index (κ3) is 5.23. The molecule has 0 bridgehead atoms. The van der Waals surface area contributed by atoms with Crippen molar-refractivity contribution in [2.45, 2.75) is 38.8 Å². The van der Waals surface area contributed by atoms with Crippen LogP contribution in [0, 0.1) is 0 Å². The topological polar surface area (TPSA) is 68.3 Å². The van der Waals surface area contributed by atoms with Crippen LogP contribution in [0.1, 0.15) is 43.9 Å². The second-order valence-electron chi connectivity index (χ2n) is 9.11. The van der Waals surface area contributed by atoms with Gasteiger partial charge in [0.25, 0.3) is 5.91 Å². The van der Waals surface area contributed by atoms with Crippen molar-refractivity contribution in [3.63, 3.8) is 0 Å². The van der Waals surface area contributed by atoms with Gasteiger partial charge >= 0.3 is 0 Å². The monoisotopic (exact) mass is 514 g/mol. The molecule has 0 saturated carbocycles. The van der Waals surface area contributed by atoms with E-state index in [0.717, 1.165) is 22.5 Å². The van der Waals surface area contributed by atoms with Gasteiger partial charge in [-0.2, -0.15) is 0 Å². The molecule has 0 saturated heterocycles. The second kappa shape index (κ2) is 11.9. The average molecular weight is 515 g/mol. The Kier molecular flexibility index (Phi) is 8.36. The molecule has 0 N–H and O–H groups in total. The van der Waals surface area contributed by atoms with E-state index in [4.69, 9.17) is 14.2 Å². The molecule has 0 aromatic heterocycles. The molecule has 38 heavy (non-hydrogen) atoms. The highest BCUT2D eigenvalue weighted by molar-refractivity contribution is 6.05. The van der Waals surface area contributed by atoms with Gasteiger partial charge in [-0.3, -0.25) is 9.59 Å². The van der Waals surface area contributed by atoms with E-state index in [-0.39, 0.29) is 23.9 Å². The zero-order valence-corrected chi connectivity index (χ0v) is 22.5. The largest absolute Gasteiger partial charge is 0.493 e. The smallest absolute Gasteiger partial charge is 0.251 e. The molecule has 0 radical (unpaired) electrons. The summed E-state index contributed by atoms with van der Waals surface area (Å²) in [5.41, 5.74) is 3.35. The highest BCUT2D eigenvalue weighted by Gasteiger charge is 2.37. The zero-order valence-electron chi connectivity index (χ0n) is 22.5. The van der Waals surface area contributed by atoms with Gasteiger partial charge in [0.2, 0.25) is 11.7 Å². The molecule has 0 spiro atoms. The van der Waals surface area contributed by atoms with E-state index in [1.54, 1.807) is 50.5 Å². The fraction of sp³-hybridized carbons (Fsp3) is 0.290. The fourth-order valence-electron chi connectivity index (χ4n) is 5.06. The number of para-hydroxylation sites is 2. The molecule has 1 aliphatic heterocycles. The van der Waals surface area contributed by atoms with Gasteiger partial charge in [0.1, 0.15) is 0 Å². The number of hydrogen-bond donors (Lipinski definition) is 0. The van der Waals surface area contributed by atoms with E-state index in [2.05, 4.69) is 0 Å². The number of nitrogens with zero attached hydrogens (tertiary/aromatic N) is 2. The van der Waals surface area contributed by atoms with Gasteiger partial charge in [0.15, 0.2) is 11.5 Å². The molecule has 0 unspecified atom stereocenters. The van der Waals surface area contributed by atoms with Crippen LogP contribution in [-0.2, 0) is 9.59 Å². The van der Waals surface area contributed by atoms with Crippen LogP contribution in [0.5, 0.6) is 17.2 Å². The Morgan fingerprint density at radius 1 is 0.947 bits per heavy atom. The highest BCUT2D eigenvalue weighted by Crippen LogP contribution is 2.43. The lowest BCUT2D eigenvalue weighted by molar-refractivity contribution is -0.118. The Balaban J connectivity index is 1.69. The summed E-state index contributed by atoms with van der Waals surface area (Å²) in [6.45, 7) is 3.90. The molecule has 0 aliphatic carbocycles. The quantitative estimate of drug-likeness (QED) is 0.343. The zero-order chi connectivity index (χ0) is 27.2. The molecule has 3 aromatic carbocycles. The first kappa shape index (κ1) is 26.8. The van der Waals surface area contributed by atoms with Crippen molar-refractivity contribution in [2.75, 3.05) is 31.1 Å². The first-order valence-corrected chi connectivity index (χ1v) is 12.7. The van der Waals surface area contributed by atoms with Gasteiger partial charge in [-0.15, -0.1) is 0 Å². The molecule has 0 fully saturated rings. The number of rotatable bonds is 8. The summed E-state index contributed by atoms with van der Waals surface area (Å²) >= 11 is 0. The lowest BCUT2D eigenvalue weighted by Crippen LogP contribution is -2.47. The summed E-state index contributed by atoms with van der Waals surface area (Å²) in [4.78, 5) is 30.4. The highest BCUT2D eigenvalue weighted by atomic mass is 16.5. The maximum Gasteiger partial charge on any atom is 0.251 e.